The largest absolute Gasteiger partial charge is 0.504 e. The Morgan fingerprint density at radius 3 is 2.62 bits per heavy atom. The van der Waals surface area contributed by atoms with Crippen molar-refractivity contribution in [1.29, 1.82) is 0 Å². The molecule has 2 aromatic carbocycles. The van der Waals surface area contributed by atoms with Gasteiger partial charge in [0.15, 0.2) is 17.3 Å². The van der Waals surface area contributed by atoms with Crippen molar-refractivity contribution >= 4 is 38.7 Å². The lowest BCUT2D eigenvalue weighted by Gasteiger charge is -2.04. The minimum atomic E-state index is -3.85. The predicted molar refractivity (Wildman–Crippen MR) is 101 cm³/mol. The summed E-state index contributed by atoms with van der Waals surface area (Å²) in [5.41, 5.74) is 0.655. The Balaban J connectivity index is 1.87. The molecule has 0 spiro atoms. The fourth-order valence-corrected chi connectivity index (χ4v) is 4.54. The Hall–Kier alpha value is -2.58. The summed E-state index contributed by atoms with van der Waals surface area (Å²) in [6.07, 6.45) is 1.56. The van der Waals surface area contributed by atoms with Crippen molar-refractivity contribution in [3.63, 3.8) is 0 Å². The van der Waals surface area contributed by atoms with Crippen LogP contribution in [-0.4, -0.2) is 31.5 Å². The number of Topliss-reactive ketones (excluding diaryl/α,β-unsaturated/α-hetero) is 1. The van der Waals surface area contributed by atoms with E-state index < -0.39 is 10.0 Å². The summed E-state index contributed by atoms with van der Waals surface area (Å²) in [5, 5.41) is 9.85. The number of ketones is 1. The Kier molecular flexibility index (Phi) is 5.15. The van der Waals surface area contributed by atoms with Crippen molar-refractivity contribution in [1.82, 2.24) is 0 Å². The van der Waals surface area contributed by atoms with Crippen molar-refractivity contribution in [2.45, 2.75) is 11.3 Å². The van der Waals surface area contributed by atoms with Gasteiger partial charge in [0.25, 0.3) is 10.0 Å². The Labute approximate surface area is 155 Å². The second-order valence-corrected chi connectivity index (χ2v) is 8.13. The van der Waals surface area contributed by atoms with E-state index in [0.717, 1.165) is 11.8 Å². The SMILES string of the molecule is COc1cc(/C=C2/SC(=NS(=O)(=O)c3ccccc3)CC2=O)ccc1O. The maximum atomic E-state index is 12.3. The predicted octanol–water partition coefficient (Wildman–Crippen LogP) is 3.24. The molecule has 2 aromatic rings. The number of aromatic hydroxyl groups is 1. The molecule has 0 saturated carbocycles. The topological polar surface area (TPSA) is 93.0 Å². The summed E-state index contributed by atoms with van der Waals surface area (Å²) in [4.78, 5) is 12.7. The number of thioether (sulfide) groups is 1. The molecule has 1 N–H and O–H groups in total. The smallest absolute Gasteiger partial charge is 0.283 e. The maximum absolute atomic E-state index is 12.3. The van der Waals surface area contributed by atoms with Crippen LogP contribution in [0, 0.1) is 0 Å². The molecule has 0 aromatic heterocycles. The van der Waals surface area contributed by atoms with Crippen LogP contribution in [0.3, 0.4) is 0 Å². The van der Waals surface area contributed by atoms with Crippen LogP contribution in [0.2, 0.25) is 0 Å². The van der Waals surface area contributed by atoms with Gasteiger partial charge >= 0.3 is 0 Å². The van der Waals surface area contributed by atoms with E-state index in [1.54, 1.807) is 36.4 Å². The van der Waals surface area contributed by atoms with E-state index in [1.807, 2.05) is 0 Å². The molecule has 1 aliphatic heterocycles. The average Bonchev–Trinajstić information content (AvgIpc) is 2.95. The van der Waals surface area contributed by atoms with E-state index in [4.69, 9.17) is 4.74 Å². The van der Waals surface area contributed by atoms with Gasteiger partial charge in [-0.1, -0.05) is 36.0 Å². The van der Waals surface area contributed by atoms with E-state index in [1.165, 1.54) is 25.3 Å². The Morgan fingerprint density at radius 1 is 1.19 bits per heavy atom. The lowest BCUT2D eigenvalue weighted by molar-refractivity contribution is -0.113. The number of hydrogen-bond donors (Lipinski definition) is 1. The third-order valence-corrected chi connectivity index (χ3v) is 6.06. The fourth-order valence-electron chi connectivity index (χ4n) is 2.32. The summed E-state index contributed by atoms with van der Waals surface area (Å²) < 4.78 is 33.4. The third kappa shape index (κ3) is 3.97. The molecule has 3 rings (SSSR count). The van der Waals surface area contributed by atoms with Crippen LogP contribution in [0.5, 0.6) is 11.5 Å². The average molecular weight is 389 g/mol. The molecular weight excluding hydrogens is 374 g/mol. The summed E-state index contributed by atoms with van der Waals surface area (Å²) >= 11 is 1.03. The quantitative estimate of drug-likeness (QED) is 0.807. The third-order valence-electron chi connectivity index (χ3n) is 3.58. The van der Waals surface area contributed by atoms with Crippen molar-refractivity contribution < 1.29 is 23.1 Å². The Morgan fingerprint density at radius 2 is 1.92 bits per heavy atom. The standard InChI is InChI=1S/C18H15NO5S2/c1-24-16-9-12(7-8-14(16)20)10-17-15(21)11-18(25-17)19-26(22,23)13-5-3-2-4-6-13/h2-10,20H,11H2,1H3/b17-10+,19-18?. The zero-order chi connectivity index (χ0) is 18.7. The zero-order valence-electron chi connectivity index (χ0n) is 13.7. The molecule has 6 nitrogen and oxygen atoms in total. The van der Waals surface area contributed by atoms with Gasteiger partial charge in [0.1, 0.15) is 0 Å². The van der Waals surface area contributed by atoms with Gasteiger partial charge in [0.05, 0.1) is 28.4 Å². The zero-order valence-corrected chi connectivity index (χ0v) is 15.4. The lowest BCUT2D eigenvalue weighted by Crippen LogP contribution is -2.00. The van der Waals surface area contributed by atoms with Gasteiger partial charge in [-0.25, -0.2) is 0 Å². The molecule has 26 heavy (non-hydrogen) atoms. The molecule has 1 heterocycles. The lowest BCUT2D eigenvalue weighted by atomic mass is 10.1. The van der Waals surface area contributed by atoms with Crippen molar-refractivity contribution in [2.24, 2.45) is 4.40 Å². The van der Waals surface area contributed by atoms with Gasteiger partial charge in [-0.2, -0.15) is 12.8 Å². The van der Waals surface area contributed by atoms with Gasteiger partial charge in [0.2, 0.25) is 0 Å². The highest BCUT2D eigenvalue weighted by Gasteiger charge is 2.27. The van der Waals surface area contributed by atoms with Gasteiger partial charge < -0.3 is 9.84 Å². The minimum absolute atomic E-state index is 0.00347. The van der Waals surface area contributed by atoms with E-state index in [0.29, 0.717) is 10.5 Å². The van der Waals surface area contributed by atoms with Crippen LogP contribution in [0.1, 0.15) is 12.0 Å². The van der Waals surface area contributed by atoms with Crippen LogP contribution in [0.15, 0.2) is 62.7 Å². The highest BCUT2D eigenvalue weighted by molar-refractivity contribution is 8.19. The molecule has 0 aliphatic carbocycles. The number of hydrogen-bond acceptors (Lipinski definition) is 6. The molecule has 1 aliphatic rings. The fraction of sp³-hybridized carbons (Fsp3) is 0.111. The first-order chi connectivity index (χ1) is 12.4. The van der Waals surface area contributed by atoms with E-state index >= 15 is 0 Å². The number of sulfonamides is 1. The van der Waals surface area contributed by atoms with E-state index in [-0.39, 0.29) is 33.6 Å². The van der Waals surface area contributed by atoms with Crippen molar-refractivity contribution in [3.05, 3.63) is 59.0 Å². The van der Waals surface area contributed by atoms with Crippen molar-refractivity contribution in [3.8, 4) is 11.5 Å². The normalized spacial score (nSPS) is 17.8. The van der Waals surface area contributed by atoms with Crippen LogP contribution >= 0.6 is 11.8 Å². The number of carbonyl (C=O) groups is 1. The molecule has 0 bridgehead atoms. The molecule has 0 atom stereocenters. The number of ether oxygens (including phenoxy) is 1. The summed E-state index contributed by atoms with van der Waals surface area (Å²) in [7, 11) is -2.41. The number of allylic oxidation sites excluding steroid dienone is 1. The summed E-state index contributed by atoms with van der Waals surface area (Å²) in [6, 6.07) is 12.5. The molecule has 1 fully saturated rings. The van der Waals surface area contributed by atoms with Gasteiger partial charge in [-0.15, -0.1) is 0 Å². The number of nitrogens with zero attached hydrogens (tertiary/aromatic N) is 1. The minimum Gasteiger partial charge on any atom is -0.504 e. The van der Waals surface area contributed by atoms with Gasteiger partial charge in [0, 0.05) is 0 Å². The second kappa shape index (κ2) is 7.35. The number of rotatable bonds is 4. The highest BCUT2D eigenvalue weighted by Crippen LogP contribution is 2.34. The maximum Gasteiger partial charge on any atom is 0.283 e. The molecule has 1 saturated heterocycles. The van der Waals surface area contributed by atoms with Crippen molar-refractivity contribution in [2.75, 3.05) is 7.11 Å². The van der Waals surface area contributed by atoms with Gasteiger partial charge in [-0.05, 0) is 35.9 Å². The first-order valence-electron chi connectivity index (χ1n) is 7.58. The van der Waals surface area contributed by atoms with Gasteiger partial charge in [-0.3, -0.25) is 4.79 Å². The van der Waals surface area contributed by atoms with Crippen LogP contribution in [0.25, 0.3) is 6.08 Å². The Bertz CT molecular complexity index is 1010. The molecular formula is C18H15NO5S2. The van der Waals surface area contributed by atoms with E-state index in [2.05, 4.69) is 4.40 Å². The molecule has 8 heteroatoms. The molecule has 0 unspecified atom stereocenters. The van der Waals surface area contributed by atoms with Crippen LogP contribution in [0.4, 0.5) is 0 Å². The van der Waals surface area contributed by atoms with E-state index in [9.17, 15) is 18.3 Å². The molecule has 0 radical (unpaired) electrons. The number of benzene rings is 2. The summed E-state index contributed by atoms with van der Waals surface area (Å²) in [5.74, 6) is 0.0793. The second-order valence-electron chi connectivity index (χ2n) is 5.42. The first kappa shape index (κ1) is 18.2. The number of carbonyl (C=O) groups excluding carboxylic acids is 1. The molecule has 134 valence electrons. The highest BCUT2D eigenvalue weighted by atomic mass is 32.2. The number of phenols is 1. The number of phenolic OH excluding ortho intramolecular Hbond substituents is 1. The first-order valence-corrected chi connectivity index (χ1v) is 9.83. The monoisotopic (exact) mass is 389 g/mol. The molecule has 0 amide bonds. The van der Waals surface area contributed by atoms with Crippen LogP contribution in [-0.2, 0) is 14.8 Å². The van der Waals surface area contributed by atoms with Crippen LogP contribution < -0.4 is 4.74 Å². The number of methoxy groups -OCH3 is 1. The summed E-state index contributed by atoms with van der Waals surface area (Å²) in [6.45, 7) is 0.